The smallest absolute Gasteiger partial charge is 0.245 e. The van der Waals surface area contributed by atoms with Crippen molar-refractivity contribution in [2.24, 2.45) is 0 Å². The number of anilines is 3. The summed E-state index contributed by atoms with van der Waals surface area (Å²) in [6.07, 6.45) is 7.20. The van der Waals surface area contributed by atoms with E-state index in [1.807, 2.05) is 17.3 Å². The molecule has 3 N–H and O–H groups in total. The molecule has 2 fully saturated rings. The topological polar surface area (TPSA) is 101 Å². The second-order valence-electron chi connectivity index (χ2n) is 9.25. The first-order valence-corrected chi connectivity index (χ1v) is 12.3. The summed E-state index contributed by atoms with van der Waals surface area (Å²) in [5, 5.41) is 12.5. The van der Waals surface area contributed by atoms with Crippen LogP contribution in [0.2, 0.25) is 0 Å². The van der Waals surface area contributed by atoms with E-state index in [2.05, 4.69) is 55.9 Å². The average Bonchev–Trinajstić information content (AvgIpc) is 3.33. The van der Waals surface area contributed by atoms with E-state index in [1.54, 1.807) is 0 Å². The number of benzene rings is 1. The van der Waals surface area contributed by atoms with Crippen LogP contribution in [-0.2, 0) is 4.79 Å². The summed E-state index contributed by atoms with van der Waals surface area (Å²) in [5.41, 5.74) is 5.05. The molecule has 0 saturated carbocycles. The molecule has 2 aromatic heterocycles. The van der Waals surface area contributed by atoms with Crippen molar-refractivity contribution in [1.82, 2.24) is 24.8 Å². The Kier molecular flexibility index (Phi) is 6.96. The first kappa shape index (κ1) is 23.3. The second kappa shape index (κ2) is 10.5. The van der Waals surface area contributed by atoms with Crippen LogP contribution in [-0.4, -0.2) is 88.2 Å². The number of piperazine rings is 1. The molecule has 0 spiro atoms. The van der Waals surface area contributed by atoms with E-state index in [9.17, 15) is 4.79 Å². The fourth-order valence-corrected chi connectivity index (χ4v) is 5.12. The van der Waals surface area contributed by atoms with Gasteiger partial charge in [-0.2, -0.15) is 0 Å². The Bertz CT molecular complexity index is 1170. The number of fused-ring (bicyclic) bond motifs is 1. The van der Waals surface area contributed by atoms with Crippen LogP contribution in [0, 0.1) is 0 Å². The number of carbonyl (C=O) groups excluding carboxylic acids is 1. The van der Waals surface area contributed by atoms with E-state index in [4.69, 9.17) is 10.1 Å². The standard InChI is InChI=1S/C26H33N7O2/c1-2-24(35)33-9-3-4-19(18-33)22-16-27-23-17-28-26(30-25(22)23)29-20-5-7-21(8-6-20)32-12-10-31(11-13-32)14-15-34/h2,5-8,16-17,19,27,34H,1,3-4,9-15,18H2,(H,28,29,30). The molecular weight excluding hydrogens is 442 g/mol. The number of rotatable bonds is 7. The van der Waals surface area contributed by atoms with E-state index in [0.29, 0.717) is 12.5 Å². The number of β-amino-alcohol motifs (C(OH)–C–C–N with tert-alkyl or cyclic N) is 1. The lowest BCUT2D eigenvalue weighted by Gasteiger charge is -2.35. The molecule has 1 atom stereocenters. The predicted molar refractivity (Wildman–Crippen MR) is 138 cm³/mol. The Hall–Kier alpha value is -3.43. The summed E-state index contributed by atoms with van der Waals surface area (Å²) >= 11 is 0. The summed E-state index contributed by atoms with van der Waals surface area (Å²) in [7, 11) is 0. The molecule has 2 aliphatic rings. The Labute approximate surface area is 205 Å². The van der Waals surface area contributed by atoms with Crippen LogP contribution >= 0.6 is 0 Å². The van der Waals surface area contributed by atoms with Crippen LogP contribution in [0.5, 0.6) is 0 Å². The van der Waals surface area contributed by atoms with Gasteiger partial charge in [-0.05, 0) is 43.2 Å². The number of aliphatic hydroxyl groups excluding tert-OH is 1. The van der Waals surface area contributed by atoms with E-state index >= 15 is 0 Å². The number of amides is 1. The van der Waals surface area contributed by atoms with Crippen LogP contribution in [0.4, 0.5) is 17.3 Å². The van der Waals surface area contributed by atoms with Crippen LogP contribution in [0.15, 0.2) is 49.3 Å². The van der Waals surface area contributed by atoms with Gasteiger partial charge in [-0.25, -0.2) is 9.97 Å². The number of hydrogen-bond acceptors (Lipinski definition) is 7. The summed E-state index contributed by atoms with van der Waals surface area (Å²) in [5.74, 6) is 0.779. The molecule has 4 heterocycles. The van der Waals surface area contributed by atoms with Crippen molar-refractivity contribution in [3.05, 3.63) is 54.9 Å². The van der Waals surface area contributed by atoms with Crippen molar-refractivity contribution in [2.45, 2.75) is 18.8 Å². The van der Waals surface area contributed by atoms with Crippen molar-refractivity contribution >= 4 is 34.3 Å². The summed E-state index contributed by atoms with van der Waals surface area (Å²) in [6.45, 7) is 9.90. The zero-order valence-electron chi connectivity index (χ0n) is 20.0. The second-order valence-corrected chi connectivity index (χ2v) is 9.25. The molecular formula is C26H33N7O2. The molecule has 0 bridgehead atoms. The molecule has 1 unspecified atom stereocenters. The molecule has 1 amide bonds. The number of hydrogen-bond donors (Lipinski definition) is 3. The number of nitrogens with zero attached hydrogens (tertiary/aromatic N) is 5. The van der Waals surface area contributed by atoms with Crippen molar-refractivity contribution in [3.8, 4) is 0 Å². The minimum Gasteiger partial charge on any atom is -0.395 e. The molecule has 9 heteroatoms. The molecule has 2 saturated heterocycles. The monoisotopic (exact) mass is 475 g/mol. The molecule has 9 nitrogen and oxygen atoms in total. The van der Waals surface area contributed by atoms with Crippen LogP contribution < -0.4 is 10.2 Å². The molecule has 35 heavy (non-hydrogen) atoms. The quantitative estimate of drug-likeness (QED) is 0.452. The zero-order valence-corrected chi connectivity index (χ0v) is 20.0. The highest BCUT2D eigenvalue weighted by atomic mass is 16.3. The van der Waals surface area contributed by atoms with E-state index < -0.39 is 0 Å². The van der Waals surface area contributed by atoms with Gasteiger partial charge in [0, 0.05) is 74.9 Å². The molecule has 0 aliphatic carbocycles. The molecule has 1 aromatic carbocycles. The molecule has 184 valence electrons. The lowest BCUT2D eigenvalue weighted by molar-refractivity contribution is -0.127. The minimum atomic E-state index is -0.0120. The Morgan fingerprint density at radius 1 is 1.20 bits per heavy atom. The third kappa shape index (κ3) is 5.16. The predicted octanol–water partition coefficient (Wildman–Crippen LogP) is 2.71. The van der Waals surface area contributed by atoms with E-state index in [-0.39, 0.29) is 18.4 Å². The van der Waals surface area contributed by atoms with E-state index in [0.717, 1.165) is 74.4 Å². The molecule has 3 aromatic rings. The fraction of sp³-hybridized carbons (Fsp3) is 0.423. The highest BCUT2D eigenvalue weighted by Gasteiger charge is 2.26. The van der Waals surface area contributed by atoms with Crippen molar-refractivity contribution in [1.29, 1.82) is 0 Å². The zero-order chi connectivity index (χ0) is 24.2. The maximum atomic E-state index is 12.1. The highest BCUT2D eigenvalue weighted by molar-refractivity contribution is 5.87. The van der Waals surface area contributed by atoms with Gasteiger partial charge < -0.3 is 25.2 Å². The van der Waals surface area contributed by atoms with Crippen molar-refractivity contribution < 1.29 is 9.90 Å². The van der Waals surface area contributed by atoms with Gasteiger partial charge >= 0.3 is 0 Å². The van der Waals surface area contributed by atoms with Crippen LogP contribution in [0.3, 0.4) is 0 Å². The first-order chi connectivity index (χ1) is 17.1. The lowest BCUT2D eigenvalue weighted by Crippen LogP contribution is -2.47. The van der Waals surface area contributed by atoms with Gasteiger partial charge in [0.05, 0.1) is 23.8 Å². The number of carbonyl (C=O) groups is 1. The number of likely N-dealkylation sites (tertiary alicyclic amines) is 1. The Balaban J connectivity index is 1.27. The van der Waals surface area contributed by atoms with Gasteiger partial charge in [0.2, 0.25) is 11.9 Å². The number of aromatic nitrogens is 3. The third-order valence-electron chi connectivity index (χ3n) is 7.07. The largest absolute Gasteiger partial charge is 0.395 e. The summed E-state index contributed by atoms with van der Waals surface area (Å²) < 4.78 is 0. The average molecular weight is 476 g/mol. The van der Waals surface area contributed by atoms with Crippen LogP contribution in [0.1, 0.15) is 24.3 Å². The highest BCUT2D eigenvalue weighted by Crippen LogP contribution is 2.32. The minimum absolute atomic E-state index is 0.0120. The fourth-order valence-electron chi connectivity index (χ4n) is 5.12. The maximum Gasteiger partial charge on any atom is 0.245 e. The van der Waals surface area contributed by atoms with Gasteiger partial charge in [-0.3, -0.25) is 9.69 Å². The van der Waals surface area contributed by atoms with Gasteiger partial charge in [0.25, 0.3) is 0 Å². The van der Waals surface area contributed by atoms with Gasteiger partial charge in [0.15, 0.2) is 0 Å². The summed E-state index contributed by atoms with van der Waals surface area (Å²) in [4.78, 5) is 31.2. The number of aromatic amines is 1. The number of nitrogens with one attached hydrogen (secondary N) is 2. The third-order valence-corrected chi connectivity index (χ3v) is 7.07. The lowest BCUT2D eigenvalue weighted by atomic mass is 9.91. The number of aliphatic hydroxyl groups is 1. The SMILES string of the molecule is C=CC(=O)N1CCCC(c2c[nH]c3cnc(Nc4ccc(N5CCN(CCO)CC5)cc4)nc23)C1. The number of H-pyrrole nitrogens is 1. The number of piperidine rings is 1. The van der Waals surface area contributed by atoms with Gasteiger partial charge in [-0.15, -0.1) is 0 Å². The summed E-state index contributed by atoms with van der Waals surface area (Å²) in [6, 6.07) is 8.36. The first-order valence-electron chi connectivity index (χ1n) is 12.3. The Morgan fingerprint density at radius 3 is 2.74 bits per heavy atom. The van der Waals surface area contributed by atoms with Crippen molar-refractivity contribution in [3.63, 3.8) is 0 Å². The normalized spacial score (nSPS) is 19.2. The molecule has 5 rings (SSSR count). The Morgan fingerprint density at radius 2 is 2.00 bits per heavy atom. The van der Waals surface area contributed by atoms with Gasteiger partial charge in [-0.1, -0.05) is 6.58 Å². The van der Waals surface area contributed by atoms with Crippen LogP contribution in [0.25, 0.3) is 11.0 Å². The van der Waals surface area contributed by atoms with Crippen molar-refractivity contribution in [2.75, 3.05) is 62.6 Å². The van der Waals surface area contributed by atoms with Gasteiger partial charge in [0.1, 0.15) is 0 Å². The molecule has 0 radical (unpaired) electrons. The maximum absolute atomic E-state index is 12.1. The van der Waals surface area contributed by atoms with E-state index in [1.165, 1.54) is 11.8 Å². The molecule has 2 aliphatic heterocycles.